The van der Waals surface area contributed by atoms with Crippen LogP contribution in [0.25, 0.3) is 0 Å². The van der Waals surface area contributed by atoms with Crippen LogP contribution in [0.3, 0.4) is 0 Å². The summed E-state index contributed by atoms with van der Waals surface area (Å²) in [6.07, 6.45) is 0. The van der Waals surface area contributed by atoms with Gasteiger partial charge < -0.3 is 10.2 Å². The SMILES string of the molecule is OC(O)[Si]. The first-order chi connectivity index (χ1) is 1.73. The molecule has 0 heterocycles. The molecule has 0 aliphatic carbocycles. The zero-order valence-corrected chi connectivity index (χ0v) is 2.97. The van der Waals surface area contributed by atoms with Crippen LogP contribution in [-0.2, 0) is 0 Å². The van der Waals surface area contributed by atoms with Crippen molar-refractivity contribution in [2.45, 2.75) is 5.91 Å². The van der Waals surface area contributed by atoms with E-state index in [2.05, 4.69) is 10.2 Å². The zero-order valence-electron chi connectivity index (χ0n) is 1.97. The molecule has 0 unspecified atom stereocenters. The Hall–Kier alpha value is 0.137. The summed E-state index contributed by atoms with van der Waals surface area (Å²) in [5, 5.41) is 15.0. The van der Waals surface area contributed by atoms with Crippen LogP contribution in [0.2, 0.25) is 0 Å². The molecule has 4 heavy (non-hydrogen) atoms. The van der Waals surface area contributed by atoms with Gasteiger partial charge in [0.1, 0.15) is 16.2 Å². The van der Waals surface area contributed by atoms with Crippen LogP contribution in [0.15, 0.2) is 0 Å². The molecular formula is CH3O2Si. The highest BCUT2D eigenvalue weighted by molar-refractivity contribution is 6.09. The first-order valence-corrected chi connectivity index (χ1v) is 1.38. The second kappa shape index (κ2) is 1.46. The Labute approximate surface area is 27.5 Å². The van der Waals surface area contributed by atoms with Crippen LogP contribution < -0.4 is 0 Å². The average molecular weight is 75.1 g/mol. The van der Waals surface area contributed by atoms with Gasteiger partial charge in [-0.15, -0.1) is 0 Å². The van der Waals surface area contributed by atoms with Gasteiger partial charge in [-0.3, -0.25) is 0 Å². The lowest BCUT2D eigenvalue weighted by Gasteiger charge is -1.80. The fourth-order valence-electron chi connectivity index (χ4n) is 0. The van der Waals surface area contributed by atoms with Gasteiger partial charge in [0, 0.05) is 0 Å². The molecule has 23 valence electrons. The molecule has 0 aromatic rings. The summed E-state index contributed by atoms with van der Waals surface area (Å²) in [5.74, 6) is -1.36. The predicted octanol–water partition coefficient (Wildman–Crippen LogP) is -1.58. The van der Waals surface area contributed by atoms with E-state index >= 15 is 0 Å². The van der Waals surface area contributed by atoms with Crippen molar-refractivity contribution in [2.75, 3.05) is 0 Å². The molecule has 0 bridgehead atoms. The maximum atomic E-state index is 7.52. The van der Waals surface area contributed by atoms with Crippen LogP contribution in [0.5, 0.6) is 0 Å². The lowest BCUT2D eigenvalue weighted by molar-refractivity contribution is 0.0326. The molecule has 0 aliphatic rings. The van der Waals surface area contributed by atoms with Crippen molar-refractivity contribution in [3.8, 4) is 0 Å². The topological polar surface area (TPSA) is 40.5 Å². The molecule has 0 saturated carbocycles. The van der Waals surface area contributed by atoms with Gasteiger partial charge in [-0.05, 0) is 0 Å². The van der Waals surface area contributed by atoms with E-state index in [1.807, 2.05) is 0 Å². The quantitative estimate of drug-likeness (QED) is 0.269. The smallest absolute Gasteiger partial charge is 0.128 e. The molecule has 0 aromatic heterocycles. The van der Waals surface area contributed by atoms with Crippen molar-refractivity contribution in [2.24, 2.45) is 0 Å². The Kier molecular flexibility index (Phi) is 1.51. The van der Waals surface area contributed by atoms with Crippen LogP contribution in [0.4, 0.5) is 0 Å². The van der Waals surface area contributed by atoms with Gasteiger partial charge in [0.15, 0.2) is 0 Å². The monoisotopic (exact) mass is 75.0 g/mol. The van der Waals surface area contributed by atoms with Gasteiger partial charge in [0.2, 0.25) is 0 Å². The molecule has 3 heteroatoms. The second-order valence-electron chi connectivity index (χ2n) is 0.374. The van der Waals surface area contributed by atoms with E-state index in [4.69, 9.17) is 10.2 Å². The fourth-order valence-corrected chi connectivity index (χ4v) is 0. The van der Waals surface area contributed by atoms with E-state index < -0.39 is 5.91 Å². The standard InChI is InChI=1S/CH3O2Si/c2-1(3)4/h1-3H. The molecule has 0 amide bonds. The van der Waals surface area contributed by atoms with Crippen molar-refractivity contribution >= 4 is 10.2 Å². The molecule has 2 N–H and O–H groups in total. The highest BCUT2D eigenvalue weighted by Gasteiger charge is 1.71. The summed E-state index contributed by atoms with van der Waals surface area (Å²) in [7, 11) is 2.42. The van der Waals surface area contributed by atoms with Crippen molar-refractivity contribution in [1.82, 2.24) is 0 Å². The van der Waals surface area contributed by atoms with Crippen LogP contribution in [0.1, 0.15) is 0 Å². The molecule has 0 aliphatic heterocycles. The predicted molar refractivity (Wildman–Crippen MR) is 14.0 cm³/mol. The molecule has 0 aromatic carbocycles. The molecule has 0 fully saturated rings. The molecule has 0 spiro atoms. The first-order valence-electron chi connectivity index (χ1n) is 0.805. The lowest BCUT2D eigenvalue weighted by Crippen LogP contribution is -2.00. The Morgan fingerprint density at radius 1 is 1.50 bits per heavy atom. The van der Waals surface area contributed by atoms with E-state index in [-0.39, 0.29) is 0 Å². The van der Waals surface area contributed by atoms with Gasteiger partial charge in [-0.2, -0.15) is 0 Å². The van der Waals surface area contributed by atoms with Crippen molar-refractivity contribution in [1.29, 1.82) is 0 Å². The maximum Gasteiger partial charge on any atom is 0.128 e. The molecule has 0 saturated heterocycles. The van der Waals surface area contributed by atoms with Gasteiger partial charge in [0.25, 0.3) is 0 Å². The normalized spacial score (nSPS) is 9.00. The minimum atomic E-state index is -1.36. The van der Waals surface area contributed by atoms with Crippen LogP contribution >= 0.6 is 0 Å². The number of aliphatic hydroxyl groups excluding tert-OH is 1. The van der Waals surface area contributed by atoms with Gasteiger partial charge in [-0.25, -0.2) is 0 Å². The molecule has 2 nitrogen and oxygen atoms in total. The molecule has 3 radical (unpaired) electrons. The molecule has 0 atom stereocenters. The zero-order chi connectivity index (χ0) is 3.58. The van der Waals surface area contributed by atoms with Crippen molar-refractivity contribution in [3.05, 3.63) is 0 Å². The number of hydrogen-bond donors (Lipinski definition) is 2. The summed E-state index contributed by atoms with van der Waals surface area (Å²) in [5.41, 5.74) is 0. The fraction of sp³-hybridized carbons (Fsp3) is 1.00. The van der Waals surface area contributed by atoms with Crippen LogP contribution in [-0.4, -0.2) is 26.4 Å². The van der Waals surface area contributed by atoms with Gasteiger partial charge >= 0.3 is 0 Å². The van der Waals surface area contributed by atoms with Gasteiger partial charge in [0.05, 0.1) is 0 Å². The summed E-state index contributed by atoms with van der Waals surface area (Å²) >= 11 is 0. The second-order valence-corrected chi connectivity index (χ2v) is 0.890. The first kappa shape index (κ1) is 4.14. The Bertz CT molecular complexity index is 10.8. The third-order valence-electron chi connectivity index (χ3n) is 0. The largest absolute Gasteiger partial charge is 0.373 e. The Morgan fingerprint density at radius 3 is 1.50 bits per heavy atom. The minimum Gasteiger partial charge on any atom is -0.373 e. The number of aliphatic hydroxyl groups is 2. The van der Waals surface area contributed by atoms with E-state index in [9.17, 15) is 0 Å². The van der Waals surface area contributed by atoms with Crippen molar-refractivity contribution < 1.29 is 10.2 Å². The summed E-state index contributed by atoms with van der Waals surface area (Å²) < 4.78 is 0. The van der Waals surface area contributed by atoms with E-state index in [0.29, 0.717) is 0 Å². The summed E-state index contributed by atoms with van der Waals surface area (Å²) in [6.45, 7) is 0. The lowest BCUT2D eigenvalue weighted by atomic mass is 11.5. The molecule has 0 rings (SSSR count). The Balaban J connectivity index is 2.32. The Morgan fingerprint density at radius 2 is 1.50 bits per heavy atom. The van der Waals surface area contributed by atoms with Crippen molar-refractivity contribution in [3.63, 3.8) is 0 Å². The third-order valence-corrected chi connectivity index (χ3v) is 0. The van der Waals surface area contributed by atoms with E-state index in [1.54, 1.807) is 0 Å². The summed E-state index contributed by atoms with van der Waals surface area (Å²) in [6, 6.07) is 0. The highest BCUT2D eigenvalue weighted by Crippen LogP contribution is 1.47. The number of hydrogen-bond acceptors (Lipinski definition) is 2. The average Bonchev–Trinajstić information content (AvgIpc) is 0.811. The maximum absolute atomic E-state index is 7.52. The summed E-state index contributed by atoms with van der Waals surface area (Å²) in [4.78, 5) is 0. The number of rotatable bonds is 0. The van der Waals surface area contributed by atoms with Crippen LogP contribution in [0, 0.1) is 0 Å². The van der Waals surface area contributed by atoms with E-state index in [1.165, 1.54) is 0 Å². The third kappa shape index (κ3) is 147. The minimum absolute atomic E-state index is 1.36. The highest BCUT2D eigenvalue weighted by atomic mass is 28.1. The van der Waals surface area contributed by atoms with Gasteiger partial charge in [-0.1, -0.05) is 0 Å². The van der Waals surface area contributed by atoms with E-state index in [0.717, 1.165) is 0 Å². The molecular weight excluding hydrogens is 72.1 g/mol.